The van der Waals surface area contributed by atoms with E-state index >= 15 is 0 Å². The smallest absolute Gasteiger partial charge is 0.165 e. The average molecular weight is 641 g/mol. The summed E-state index contributed by atoms with van der Waals surface area (Å²) < 4.78 is 4.63. The first kappa shape index (κ1) is 28.1. The summed E-state index contributed by atoms with van der Waals surface area (Å²) >= 11 is 0. The molecular formula is C44H28N6. The topological polar surface area (TPSA) is 61.4 Å². The van der Waals surface area contributed by atoms with Crippen molar-refractivity contribution >= 4 is 43.6 Å². The molecule has 234 valence electrons. The summed E-state index contributed by atoms with van der Waals surface area (Å²) in [5.41, 5.74) is 8.39. The van der Waals surface area contributed by atoms with E-state index in [1.54, 1.807) is 0 Å². The van der Waals surface area contributed by atoms with Gasteiger partial charge in [-0.25, -0.2) is 19.9 Å². The van der Waals surface area contributed by atoms with Crippen LogP contribution in [0.5, 0.6) is 0 Å². The van der Waals surface area contributed by atoms with E-state index < -0.39 is 0 Å². The maximum Gasteiger partial charge on any atom is 0.165 e. The van der Waals surface area contributed by atoms with E-state index in [0.29, 0.717) is 17.5 Å². The molecule has 4 heterocycles. The zero-order valence-corrected chi connectivity index (χ0v) is 26.8. The Morgan fingerprint density at radius 3 is 1.34 bits per heavy atom. The van der Waals surface area contributed by atoms with Gasteiger partial charge >= 0.3 is 0 Å². The fourth-order valence-corrected chi connectivity index (χ4v) is 7.21. The maximum absolute atomic E-state index is 5.06. The highest BCUT2D eigenvalue weighted by Gasteiger charge is 2.21. The molecule has 0 amide bonds. The molecule has 0 N–H and O–H groups in total. The van der Waals surface area contributed by atoms with Gasteiger partial charge in [0.25, 0.3) is 0 Å². The van der Waals surface area contributed by atoms with Crippen LogP contribution in [0.4, 0.5) is 0 Å². The second kappa shape index (κ2) is 11.4. The SMILES string of the molecule is c1ccc(-c2nc(-c3ccccc3)nc(-c3ccc(-n4c5ccccc5c5c6c7ccccc7n(-c7ccccc7)c6ccc54)nc3)n2)cc1. The second-order valence-electron chi connectivity index (χ2n) is 12.3. The minimum Gasteiger partial charge on any atom is -0.309 e. The number of nitrogens with zero attached hydrogens (tertiary/aromatic N) is 6. The third-order valence-corrected chi connectivity index (χ3v) is 9.42. The van der Waals surface area contributed by atoms with E-state index in [2.05, 4.69) is 112 Å². The lowest BCUT2D eigenvalue weighted by Gasteiger charge is -2.10. The lowest BCUT2D eigenvalue weighted by Crippen LogP contribution is -2.01. The monoisotopic (exact) mass is 640 g/mol. The molecule has 0 radical (unpaired) electrons. The molecule has 50 heavy (non-hydrogen) atoms. The zero-order chi connectivity index (χ0) is 33.0. The fourth-order valence-electron chi connectivity index (χ4n) is 7.21. The highest BCUT2D eigenvalue weighted by Crippen LogP contribution is 2.42. The summed E-state index contributed by atoms with van der Waals surface area (Å²) in [7, 11) is 0. The lowest BCUT2D eigenvalue weighted by atomic mass is 10.1. The van der Waals surface area contributed by atoms with Gasteiger partial charge in [0.1, 0.15) is 5.82 Å². The number of aromatic nitrogens is 6. The van der Waals surface area contributed by atoms with Crippen LogP contribution in [0.2, 0.25) is 0 Å². The van der Waals surface area contributed by atoms with Crippen LogP contribution in [0.1, 0.15) is 0 Å². The van der Waals surface area contributed by atoms with Crippen LogP contribution in [0, 0.1) is 0 Å². The van der Waals surface area contributed by atoms with Gasteiger partial charge in [0.2, 0.25) is 0 Å². The summed E-state index contributed by atoms with van der Waals surface area (Å²) in [4.78, 5) is 19.7. The Bertz CT molecular complexity index is 2780. The molecule has 0 atom stereocenters. The predicted octanol–water partition coefficient (Wildman–Crippen LogP) is 10.5. The van der Waals surface area contributed by atoms with E-state index in [1.807, 2.05) is 66.9 Å². The van der Waals surface area contributed by atoms with Gasteiger partial charge < -0.3 is 4.57 Å². The van der Waals surface area contributed by atoms with Crippen molar-refractivity contribution in [3.05, 3.63) is 170 Å². The third-order valence-electron chi connectivity index (χ3n) is 9.42. The van der Waals surface area contributed by atoms with E-state index in [-0.39, 0.29) is 0 Å². The molecule has 0 bridgehead atoms. The summed E-state index contributed by atoms with van der Waals surface area (Å²) in [6.07, 6.45) is 1.87. The average Bonchev–Trinajstić information content (AvgIpc) is 3.72. The maximum atomic E-state index is 5.06. The number of pyridine rings is 1. The zero-order valence-electron chi connectivity index (χ0n) is 26.8. The van der Waals surface area contributed by atoms with Crippen molar-refractivity contribution in [2.45, 2.75) is 0 Å². The molecule has 0 saturated heterocycles. The number of fused-ring (bicyclic) bond motifs is 7. The van der Waals surface area contributed by atoms with Gasteiger partial charge in [-0.1, -0.05) is 115 Å². The summed E-state index contributed by atoms with van der Waals surface area (Å²) in [5.74, 6) is 2.65. The Hall–Kier alpha value is -6.92. The van der Waals surface area contributed by atoms with Crippen molar-refractivity contribution in [3.63, 3.8) is 0 Å². The van der Waals surface area contributed by atoms with Crippen molar-refractivity contribution in [2.24, 2.45) is 0 Å². The highest BCUT2D eigenvalue weighted by molar-refractivity contribution is 6.28. The molecule has 6 heteroatoms. The molecule has 10 rings (SSSR count). The molecule has 0 saturated carbocycles. The Labute approximate surface area is 287 Å². The molecule has 0 aliphatic carbocycles. The minimum absolute atomic E-state index is 0.578. The van der Waals surface area contributed by atoms with Crippen LogP contribution >= 0.6 is 0 Å². The van der Waals surface area contributed by atoms with Crippen LogP contribution in [-0.2, 0) is 0 Å². The van der Waals surface area contributed by atoms with Crippen LogP contribution in [0.3, 0.4) is 0 Å². The van der Waals surface area contributed by atoms with Crippen molar-refractivity contribution in [1.82, 2.24) is 29.1 Å². The molecular weight excluding hydrogens is 613 g/mol. The van der Waals surface area contributed by atoms with Crippen LogP contribution in [-0.4, -0.2) is 29.1 Å². The van der Waals surface area contributed by atoms with E-state index in [1.165, 1.54) is 32.6 Å². The lowest BCUT2D eigenvalue weighted by molar-refractivity contribution is 1.05. The normalized spacial score (nSPS) is 11.6. The van der Waals surface area contributed by atoms with Crippen LogP contribution in [0.15, 0.2) is 170 Å². The number of para-hydroxylation sites is 3. The number of rotatable bonds is 5. The Kier molecular flexibility index (Phi) is 6.39. The van der Waals surface area contributed by atoms with Gasteiger partial charge in [-0.05, 0) is 48.5 Å². The minimum atomic E-state index is 0.578. The number of hydrogen-bond donors (Lipinski definition) is 0. The molecule has 0 fully saturated rings. The number of hydrogen-bond acceptors (Lipinski definition) is 4. The van der Waals surface area contributed by atoms with Crippen LogP contribution < -0.4 is 0 Å². The second-order valence-corrected chi connectivity index (χ2v) is 12.3. The Morgan fingerprint density at radius 2 is 0.800 bits per heavy atom. The molecule has 6 aromatic carbocycles. The van der Waals surface area contributed by atoms with E-state index in [9.17, 15) is 0 Å². The standard InChI is InChI=1S/C44H28N6/c1-4-14-29(15-5-1)42-46-43(30-16-6-2-7-17-30)48-44(47-42)31-24-27-39(45-28-31)50-36-23-13-11-21-34(36)41-38(50)26-25-37-40(41)33-20-10-12-22-35(33)49(37)32-18-8-3-9-19-32/h1-28H. The fraction of sp³-hybridized carbons (Fsp3) is 0. The Balaban J connectivity index is 1.16. The molecule has 10 aromatic rings. The van der Waals surface area contributed by atoms with E-state index in [4.69, 9.17) is 19.9 Å². The largest absolute Gasteiger partial charge is 0.309 e. The first-order valence-corrected chi connectivity index (χ1v) is 16.7. The van der Waals surface area contributed by atoms with Crippen molar-refractivity contribution < 1.29 is 0 Å². The number of benzene rings is 6. The van der Waals surface area contributed by atoms with Gasteiger partial charge in [0, 0.05) is 50.1 Å². The quantitative estimate of drug-likeness (QED) is 0.188. The summed E-state index contributed by atoms with van der Waals surface area (Å²) in [5, 5.41) is 4.86. The van der Waals surface area contributed by atoms with E-state index in [0.717, 1.165) is 39.2 Å². The van der Waals surface area contributed by atoms with Gasteiger partial charge in [-0.2, -0.15) is 0 Å². The molecule has 6 nitrogen and oxygen atoms in total. The first-order valence-electron chi connectivity index (χ1n) is 16.7. The third kappa shape index (κ3) is 4.43. The molecule has 0 unspecified atom stereocenters. The van der Waals surface area contributed by atoms with Gasteiger partial charge in [0.15, 0.2) is 17.5 Å². The van der Waals surface area contributed by atoms with Crippen LogP contribution in [0.25, 0.3) is 89.3 Å². The van der Waals surface area contributed by atoms with Crippen molar-refractivity contribution in [1.29, 1.82) is 0 Å². The molecule has 0 aliphatic rings. The summed E-state index contributed by atoms with van der Waals surface area (Å²) in [6.45, 7) is 0. The van der Waals surface area contributed by atoms with Crippen molar-refractivity contribution in [3.8, 4) is 45.7 Å². The van der Waals surface area contributed by atoms with Gasteiger partial charge in [-0.15, -0.1) is 0 Å². The Morgan fingerprint density at radius 1 is 0.340 bits per heavy atom. The molecule has 4 aromatic heterocycles. The van der Waals surface area contributed by atoms with Gasteiger partial charge in [-0.3, -0.25) is 4.57 Å². The summed E-state index contributed by atoms with van der Waals surface area (Å²) in [6, 6.07) is 56.5. The first-order chi connectivity index (χ1) is 24.8. The van der Waals surface area contributed by atoms with Crippen molar-refractivity contribution in [2.75, 3.05) is 0 Å². The molecule has 0 aliphatic heterocycles. The predicted molar refractivity (Wildman–Crippen MR) is 203 cm³/mol. The molecule has 0 spiro atoms. The highest BCUT2D eigenvalue weighted by atomic mass is 15.1. The van der Waals surface area contributed by atoms with Gasteiger partial charge in [0.05, 0.1) is 22.1 Å².